The SMILES string of the molecule is Cc1ccc(Br)c(-c2nnc(CCCNC(C)(C)C)o2)c1. The lowest BCUT2D eigenvalue weighted by Gasteiger charge is -2.19. The molecule has 0 saturated heterocycles. The zero-order chi connectivity index (χ0) is 15.5. The fraction of sp³-hybridized carbons (Fsp3) is 0.500. The van der Waals surface area contributed by atoms with Gasteiger partial charge in [-0.05, 0) is 68.7 Å². The van der Waals surface area contributed by atoms with Crippen molar-refractivity contribution >= 4 is 15.9 Å². The van der Waals surface area contributed by atoms with Crippen LogP contribution in [-0.2, 0) is 6.42 Å². The number of nitrogens with one attached hydrogen (secondary N) is 1. The molecular formula is C16H22BrN3O. The van der Waals surface area contributed by atoms with Gasteiger partial charge in [0.05, 0.1) is 5.56 Å². The fourth-order valence-electron chi connectivity index (χ4n) is 1.97. The van der Waals surface area contributed by atoms with E-state index in [1.54, 1.807) is 0 Å². The van der Waals surface area contributed by atoms with E-state index in [0.29, 0.717) is 11.8 Å². The first-order valence-electron chi connectivity index (χ1n) is 7.19. The van der Waals surface area contributed by atoms with Crippen molar-refractivity contribution in [3.8, 4) is 11.5 Å². The average molecular weight is 352 g/mol. The zero-order valence-corrected chi connectivity index (χ0v) is 14.6. The first-order chi connectivity index (χ1) is 9.85. The highest BCUT2D eigenvalue weighted by molar-refractivity contribution is 9.10. The molecule has 0 aliphatic carbocycles. The molecule has 0 aliphatic heterocycles. The van der Waals surface area contributed by atoms with Crippen LogP contribution in [0.3, 0.4) is 0 Å². The van der Waals surface area contributed by atoms with E-state index >= 15 is 0 Å². The Morgan fingerprint density at radius 1 is 1.24 bits per heavy atom. The van der Waals surface area contributed by atoms with Crippen molar-refractivity contribution in [2.24, 2.45) is 0 Å². The van der Waals surface area contributed by atoms with Crippen LogP contribution in [0.1, 0.15) is 38.6 Å². The molecule has 1 aromatic carbocycles. The zero-order valence-electron chi connectivity index (χ0n) is 13.0. The third-order valence-electron chi connectivity index (χ3n) is 3.04. The number of nitrogens with zero attached hydrogens (tertiary/aromatic N) is 2. The summed E-state index contributed by atoms with van der Waals surface area (Å²) < 4.78 is 6.73. The molecule has 1 heterocycles. The molecule has 0 aliphatic rings. The van der Waals surface area contributed by atoms with Gasteiger partial charge in [-0.1, -0.05) is 11.6 Å². The van der Waals surface area contributed by atoms with E-state index in [-0.39, 0.29) is 5.54 Å². The van der Waals surface area contributed by atoms with Gasteiger partial charge in [0.2, 0.25) is 11.8 Å². The number of aromatic nitrogens is 2. The van der Waals surface area contributed by atoms with E-state index < -0.39 is 0 Å². The first-order valence-corrected chi connectivity index (χ1v) is 7.98. The highest BCUT2D eigenvalue weighted by Gasteiger charge is 2.12. The lowest BCUT2D eigenvalue weighted by atomic mass is 10.1. The van der Waals surface area contributed by atoms with Gasteiger partial charge < -0.3 is 9.73 Å². The summed E-state index contributed by atoms with van der Waals surface area (Å²) in [5.41, 5.74) is 2.26. The van der Waals surface area contributed by atoms with Gasteiger partial charge in [0.1, 0.15) is 0 Å². The molecule has 4 nitrogen and oxygen atoms in total. The molecule has 2 aromatic rings. The Balaban J connectivity index is 1.97. The number of rotatable bonds is 5. The van der Waals surface area contributed by atoms with E-state index in [9.17, 15) is 0 Å². The topological polar surface area (TPSA) is 51.0 Å². The number of benzene rings is 1. The van der Waals surface area contributed by atoms with Crippen molar-refractivity contribution in [2.45, 2.75) is 46.1 Å². The third-order valence-corrected chi connectivity index (χ3v) is 3.73. The van der Waals surface area contributed by atoms with Crippen LogP contribution in [0.25, 0.3) is 11.5 Å². The molecule has 1 N–H and O–H groups in total. The van der Waals surface area contributed by atoms with Crippen molar-refractivity contribution in [3.05, 3.63) is 34.1 Å². The predicted molar refractivity (Wildman–Crippen MR) is 88.2 cm³/mol. The van der Waals surface area contributed by atoms with E-state index in [1.165, 1.54) is 5.56 Å². The number of hydrogen-bond donors (Lipinski definition) is 1. The summed E-state index contributed by atoms with van der Waals surface area (Å²) in [6.45, 7) is 9.47. The quantitative estimate of drug-likeness (QED) is 0.822. The van der Waals surface area contributed by atoms with Gasteiger partial charge in [0.15, 0.2) is 0 Å². The fourth-order valence-corrected chi connectivity index (χ4v) is 2.39. The Bertz CT molecular complexity index is 602. The maximum absolute atomic E-state index is 5.76. The molecule has 2 rings (SSSR count). The van der Waals surface area contributed by atoms with Crippen LogP contribution in [0.2, 0.25) is 0 Å². The summed E-state index contributed by atoms with van der Waals surface area (Å²) in [6.07, 6.45) is 1.77. The summed E-state index contributed by atoms with van der Waals surface area (Å²) in [7, 11) is 0. The van der Waals surface area contributed by atoms with Crippen LogP contribution in [0.4, 0.5) is 0 Å². The molecule has 0 amide bonds. The minimum Gasteiger partial charge on any atom is -0.421 e. The number of aryl methyl sites for hydroxylation is 2. The second-order valence-corrected chi connectivity index (χ2v) is 7.12. The lowest BCUT2D eigenvalue weighted by molar-refractivity contribution is 0.412. The van der Waals surface area contributed by atoms with Crippen LogP contribution in [0.15, 0.2) is 27.1 Å². The Labute approximate surface area is 134 Å². The van der Waals surface area contributed by atoms with Crippen molar-refractivity contribution in [1.82, 2.24) is 15.5 Å². The van der Waals surface area contributed by atoms with Crippen LogP contribution in [0, 0.1) is 6.92 Å². The molecule has 0 fully saturated rings. The second-order valence-electron chi connectivity index (χ2n) is 6.26. The maximum atomic E-state index is 5.76. The minimum absolute atomic E-state index is 0.145. The molecule has 0 unspecified atom stereocenters. The summed E-state index contributed by atoms with van der Waals surface area (Å²) in [5.74, 6) is 1.26. The van der Waals surface area contributed by atoms with Crippen LogP contribution < -0.4 is 5.32 Å². The number of halogens is 1. The van der Waals surface area contributed by atoms with Crippen molar-refractivity contribution in [3.63, 3.8) is 0 Å². The smallest absolute Gasteiger partial charge is 0.248 e. The van der Waals surface area contributed by atoms with Crippen molar-refractivity contribution in [2.75, 3.05) is 6.54 Å². The Kier molecular flexibility index (Phi) is 5.17. The van der Waals surface area contributed by atoms with Gasteiger partial charge in [-0.2, -0.15) is 0 Å². The van der Waals surface area contributed by atoms with Crippen LogP contribution >= 0.6 is 15.9 Å². The molecular weight excluding hydrogens is 330 g/mol. The van der Waals surface area contributed by atoms with Crippen LogP contribution in [-0.4, -0.2) is 22.3 Å². The van der Waals surface area contributed by atoms with Crippen LogP contribution in [0.5, 0.6) is 0 Å². The number of hydrogen-bond acceptors (Lipinski definition) is 4. The summed E-state index contributed by atoms with van der Waals surface area (Å²) >= 11 is 3.52. The Morgan fingerprint density at radius 2 is 2.00 bits per heavy atom. The Hall–Kier alpha value is -1.20. The largest absolute Gasteiger partial charge is 0.421 e. The molecule has 0 spiro atoms. The van der Waals surface area contributed by atoms with E-state index in [0.717, 1.165) is 29.4 Å². The van der Waals surface area contributed by atoms with E-state index in [4.69, 9.17) is 4.42 Å². The first kappa shape index (κ1) is 16.2. The molecule has 1 aromatic heterocycles. The summed E-state index contributed by atoms with van der Waals surface area (Å²) in [6, 6.07) is 6.09. The van der Waals surface area contributed by atoms with Gasteiger partial charge >= 0.3 is 0 Å². The predicted octanol–water partition coefficient (Wildman–Crippen LogP) is 4.13. The van der Waals surface area contributed by atoms with Gasteiger partial charge in [-0.15, -0.1) is 10.2 Å². The van der Waals surface area contributed by atoms with Gasteiger partial charge in [-0.3, -0.25) is 0 Å². The summed E-state index contributed by atoms with van der Waals surface area (Å²) in [5, 5.41) is 11.7. The molecule has 0 radical (unpaired) electrons. The second kappa shape index (κ2) is 6.71. The third kappa shape index (κ3) is 4.93. The monoisotopic (exact) mass is 351 g/mol. The van der Waals surface area contributed by atoms with Crippen molar-refractivity contribution in [1.29, 1.82) is 0 Å². The van der Waals surface area contributed by atoms with E-state index in [2.05, 4.69) is 52.2 Å². The minimum atomic E-state index is 0.145. The molecule has 114 valence electrons. The lowest BCUT2D eigenvalue weighted by Crippen LogP contribution is -2.36. The molecule has 0 saturated carbocycles. The van der Waals surface area contributed by atoms with Gasteiger partial charge in [-0.25, -0.2) is 0 Å². The molecule has 5 heteroatoms. The normalized spacial score (nSPS) is 11.9. The van der Waals surface area contributed by atoms with Gasteiger partial charge in [0.25, 0.3) is 0 Å². The van der Waals surface area contributed by atoms with Crippen molar-refractivity contribution < 1.29 is 4.42 Å². The highest BCUT2D eigenvalue weighted by atomic mass is 79.9. The molecule has 21 heavy (non-hydrogen) atoms. The molecule has 0 bridgehead atoms. The maximum Gasteiger partial charge on any atom is 0.248 e. The average Bonchev–Trinajstić information content (AvgIpc) is 2.85. The Morgan fingerprint density at radius 3 is 2.71 bits per heavy atom. The highest BCUT2D eigenvalue weighted by Crippen LogP contribution is 2.28. The standard InChI is InChI=1S/C16H22BrN3O/c1-11-7-8-13(17)12(10-11)15-20-19-14(21-15)6-5-9-18-16(2,3)4/h7-8,10,18H,5-6,9H2,1-4H3. The van der Waals surface area contributed by atoms with E-state index in [1.807, 2.05) is 25.1 Å². The van der Waals surface area contributed by atoms with Gasteiger partial charge in [0, 0.05) is 16.4 Å². The molecule has 0 atom stereocenters. The summed E-state index contributed by atoms with van der Waals surface area (Å²) in [4.78, 5) is 0.